The summed E-state index contributed by atoms with van der Waals surface area (Å²) < 4.78 is 10.1. The summed E-state index contributed by atoms with van der Waals surface area (Å²) in [5.74, 6) is 0.158. The first kappa shape index (κ1) is 16.2. The first-order valence-corrected chi connectivity index (χ1v) is 5.93. The van der Waals surface area contributed by atoms with Gasteiger partial charge in [0, 0.05) is 5.57 Å². The van der Waals surface area contributed by atoms with Crippen LogP contribution < -0.4 is 4.74 Å². The number of esters is 1. The van der Waals surface area contributed by atoms with Crippen molar-refractivity contribution < 1.29 is 29.0 Å². The van der Waals surface area contributed by atoms with E-state index in [1.54, 1.807) is 14.0 Å². The predicted molar refractivity (Wildman–Crippen MR) is 72.0 cm³/mol. The molecule has 0 aliphatic carbocycles. The van der Waals surface area contributed by atoms with Crippen LogP contribution in [0.15, 0.2) is 41.4 Å². The molecule has 1 aromatic rings. The zero-order valence-electron chi connectivity index (χ0n) is 11.8. The van der Waals surface area contributed by atoms with Crippen molar-refractivity contribution in [3.05, 3.63) is 46.9 Å². The highest BCUT2D eigenvalue weighted by molar-refractivity contribution is 5.94. The molecular weight excluding hydrogens is 276 g/mol. The molecule has 0 aromatic heterocycles. The number of aliphatic hydroxyl groups is 1. The molecule has 6 heteroatoms. The maximum Gasteiger partial charge on any atom is 0.379 e. The fraction of sp³-hybridized carbons (Fsp3) is 0.200. The second-order valence-corrected chi connectivity index (χ2v) is 4.13. The van der Waals surface area contributed by atoms with Crippen LogP contribution in [0.5, 0.6) is 5.75 Å². The van der Waals surface area contributed by atoms with Crippen molar-refractivity contribution in [3.8, 4) is 5.75 Å². The molecule has 0 radical (unpaired) electrons. The Morgan fingerprint density at radius 1 is 1.24 bits per heavy atom. The van der Waals surface area contributed by atoms with Crippen LogP contribution in [0.2, 0.25) is 0 Å². The van der Waals surface area contributed by atoms with E-state index in [9.17, 15) is 9.90 Å². The van der Waals surface area contributed by atoms with E-state index in [-0.39, 0.29) is 11.9 Å². The predicted octanol–water partition coefficient (Wildman–Crippen LogP) is 2.23. The summed E-state index contributed by atoms with van der Waals surface area (Å²) in [5, 5.41) is 9.47. The van der Waals surface area contributed by atoms with Gasteiger partial charge in [-0.2, -0.15) is 9.59 Å². The van der Waals surface area contributed by atoms with Crippen LogP contribution in [0.3, 0.4) is 0 Å². The zero-order chi connectivity index (χ0) is 16.0. The molecule has 1 aromatic carbocycles. The van der Waals surface area contributed by atoms with E-state index < -0.39 is 5.97 Å². The highest BCUT2D eigenvalue weighted by atomic mass is 16.6. The molecule has 21 heavy (non-hydrogen) atoms. The lowest BCUT2D eigenvalue weighted by molar-refractivity contribution is -0.191. The zero-order valence-corrected chi connectivity index (χ0v) is 11.8. The molecule has 0 saturated heterocycles. The highest BCUT2D eigenvalue weighted by Gasteiger charge is 2.28. The molecule has 1 N–H and O–H groups in total. The van der Waals surface area contributed by atoms with Crippen LogP contribution in [-0.2, 0) is 19.1 Å². The average molecular weight is 290 g/mol. The maximum absolute atomic E-state index is 11.2. The van der Waals surface area contributed by atoms with Crippen molar-refractivity contribution in [3.63, 3.8) is 0 Å². The fourth-order valence-electron chi connectivity index (χ4n) is 1.81. The molecule has 6 nitrogen and oxygen atoms in total. The maximum atomic E-state index is 11.2. The second-order valence-electron chi connectivity index (χ2n) is 4.13. The molecule has 0 bridgehead atoms. The summed E-state index contributed by atoms with van der Waals surface area (Å²) in [4.78, 5) is 27.5. The van der Waals surface area contributed by atoms with Crippen LogP contribution in [0.1, 0.15) is 19.4 Å². The lowest BCUT2D eigenvalue weighted by Crippen LogP contribution is -1.98. The monoisotopic (exact) mass is 290 g/mol. The third-order valence-electron chi connectivity index (χ3n) is 2.95. The number of cyclic esters (lactones) is 1. The number of aliphatic hydroxyl groups excluding tert-OH is 1. The van der Waals surface area contributed by atoms with Gasteiger partial charge >= 0.3 is 12.1 Å². The van der Waals surface area contributed by atoms with Crippen molar-refractivity contribution in [1.82, 2.24) is 0 Å². The van der Waals surface area contributed by atoms with E-state index in [0.29, 0.717) is 11.3 Å². The third-order valence-corrected chi connectivity index (χ3v) is 2.95. The van der Waals surface area contributed by atoms with Crippen molar-refractivity contribution >= 4 is 17.7 Å². The summed E-state index contributed by atoms with van der Waals surface area (Å²) >= 11 is 0. The molecule has 2 rings (SSSR count). The quantitative estimate of drug-likeness (QED) is 0.840. The Morgan fingerprint density at radius 3 is 2.14 bits per heavy atom. The lowest BCUT2D eigenvalue weighted by atomic mass is 10.0. The van der Waals surface area contributed by atoms with Gasteiger partial charge in [-0.05, 0) is 37.1 Å². The molecule has 0 spiro atoms. The first-order valence-electron chi connectivity index (χ1n) is 5.93. The normalized spacial score (nSPS) is 15.7. The van der Waals surface area contributed by atoms with Crippen molar-refractivity contribution in [2.24, 2.45) is 0 Å². The van der Waals surface area contributed by atoms with Gasteiger partial charge in [-0.3, -0.25) is 0 Å². The minimum Gasteiger partial charge on any atom is -0.502 e. The Hall–Kier alpha value is -2.85. The number of benzene rings is 1. The molecule has 110 valence electrons. The number of hydrogen-bond acceptors (Lipinski definition) is 6. The van der Waals surface area contributed by atoms with Crippen LogP contribution in [0.25, 0.3) is 5.57 Å². The smallest absolute Gasteiger partial charge is 0.379 e. The molecule has 0 unspecified atom stereocenters. The standard InChI is InChI=1S/C14H14O4.CO2/c1-8(10-4-6-11(17-3)7-5-10)13-9(2)12(15)14(16)18-13;2-1-3/h4-7,15H,1-3H3;. The van der Waals surface area contributed by atoms with Crippen molar-refractivity contribution in [2.75, 3.05) is 7.11 Å². The summed E-state index contributed by atoms with van der Waals surface area (Å²) in [6.45, 7) is 3.50. The van der Waals surface area contributed by atoms with Gasteiger partial charge < -0.3 is 14.6 Å². The number of carbonyl (C=O) groups excluding carboxylic acids is 3. The first-order chi connectivity index (χ1) is 9.96. The summed E-state index contributed by atoms with van der Waals surface area (Å²) in [7, 11) is 1.60. The van der Waals surface area contributed by atoms with Crippen LogP contribution in [-0.4, -0.2) is 24.3 Å². The molecule has 0 saturated carbocycles. The highest BCUT2D eigenvalue weighted by Crippen LogP contribution is 2.31. The van der Waals surface area contributed by atoms with E-state index in [2.05, 4.69) is 0 Å². The lowest BCUT2D eigenvalue weighted by Gasteiger charge is -2.07. The second kappa shape index (κ2) is 7.07. The minimum atomic E-state index is -0.699. The molecule has 1 aliphatic heterocycles. The van der Waals surface area contributed by atoms with E-state index in [4.69, 9.17) is 19.1 Å². The van der Waals surface area contributed by atoms with Crippen LogP contribution >= 0.6 is 0 Å². The molecule has 0 fully saturated rings. The van der Waals surface area contributed by atoms with Crippen LogP contribution in [0, 0.1) is 0 Å². The summed E-state index contributed by atoms with van der Waals surface area (Å²) in [6.07, 6.45) is 0.250. The van der Waals surface area contributed by atoms with E-state index in [1.807, 2.05) is 31.2 Å². The number of rotatable bonds is 2. The Morgan fingerprint density at radius 2 is 1.76 bits per heavy atom. The number of hydrogen-bond donors (Lipinski definition) is 1. The van der Waals surface area contributed by atoms with E-state index in [1.165, 1.54) is 0 Å². The summed E-state index contributed by atoms with van der Waals surface area (Å²) in [6, 6.07) is 7.40. The van der Waals surface area contributed by atoms with Crippen LogP contribution in [0.4, 0.5) is 0 Å². The minimum absolute atomic E-state index is 0.250. The Labute approximate surface area is 121 Å². The van der Waals surface area contributed by atoms with Gasteiger partial charge in [-0.25, -0.2) is 4.79 Å². The van der Waals surface area contributed by atoms with Gasteiger partial charge in [0.25, 0.3) is 0 Å². The van der Waals surface area contributed by atoms with Crippen molar-refractivity contribution in [2.45, 2.75) is 13.8 Å². The molecular formula is C15H14O6. The van der Waals surface area contributed by atoms with Gasteiger partial charge in [-0.15, -0.1) is 0 Å². The fourth-order valence-corrected chi connectivity index (χ4v) is 1.81. The Bertz CT molecular complexity index is 631. The van der Waals surface area contributed by atoms with Gasteiger partial charge in [0.1, 0.15) is 11.5 Å². The average Bonchev–Trinajstić information content (AvgIpc) is 2.75. The summed E-state index contributed by atoms with van der Waals surface area (Å²) in [5.41, 5.74) is 2.17. The Balaban J connectivity index is 0.000000677. The van der Waals surface area contributed by atoms with Gasteiger partial charge in [0.05, 0.1) is 7.11 Å². The third kappa shape index (κ3) is 3.58. The number of methoxy groups -OCH3 is 1. The van der Waals surface area contributed by atoms with E-state index >= 15 is 0 Å². The van der Waals surface area contributed by atoms with Gasteiger partial charge in [0.2, 0.25) is 5.76 Å². The van der Waals surface area contributed by atoms with E-state index in [0.717, 1.165) is 16.9 Å². The van der Waals surface area contributed by atoms with Crippen molar-refractivity contribution in [1.29, 1.82) is 0 Å². The SMILES string of the molecule is COc1ccc(C(C)=C2OC(=O)C(O)=C2C)cc1.O=C=O. The molecule has 0 amide bonds. The molecule has 1 heterocycles. The Kier molecular flexibility index (Phi) is 5.46. The van der Waals surface area contributed by atoms with Gasteiger partial charge in [0.15, 0.2) is 0 Å². The number of carbonyl (C=O) groups is 1. The molecule has 0 atom stereocenters. The number of allylic oxidation sites excluding steroid dienone is 2. The van der Waals surface area contributed by atoms with Gasteiger partial charge in [-0.1, -0.05) is 12.1 Å². The molecule has 1 aliphatic rings. The topological polar surface area (TPSA) is 89.9 Å². The number of ether oxygens (including phenoxy) is 2. The largest absolute Gasteiger partial charge is 0.502 e.